The minimum absolute atomic E-state index is 0.368. The number of nitrogens with zero attached hydrogens (tertiary/aromatic N) is 1. The van der Waals surface area contributed by atoms with E-state index in [-0.39, 0.29) is 0 Å². The molecule has 1 aromatic rings. The molecule has 1 saturated carbocycles. The van der Waals surface area contributed by atoms with Gasteiger partial charge in [0.2, 0.25) is 0 Å². The second-order valence-electron chi connectivity index (χ2n) is 4.69. The molecule has 1 aliphatic carbocycles. The van der Waals surface area contributed by atoms with Gasteiger partial charge in [-0.25, -0.2) is 4.98 Å². The Balaban J connectivity index is 1.94. The molecule has 0 amide bonds. The van der Waals surface area contributed by atoms with Gasteiger partial charge in [0.1, 0.15) is 0 Å². The molecule has 0 aliphatic heterocycles. The molecule has 90 valence electrons. The molecular formula is C12H22N4. The van der Waals surface area contributed by atoms with Crippen LogP contribution in [-0.2, 0) is 0 Å². The first-order valence-corrected chi connectivity index (χ1v) is 6.36. The maximum absolute atomic E-state index is 5.61. The summed E-state index contributed by atoms with van der Waals surface area (Å²) in [6, 6.07) is 1.04. The molecule has 1 unspecified atom stereocenters. The van der Waals surface area contributed by atoms with Gasteiger partial charge in [-0.05, 0) is 19.3 Å². The fraction of sp³-hybridized carbons (Fsp3) is 0.750. The van der Waals surface area contributed by atoms with E-state index in [1.807, 2.05) is 6.20 Å². The smallest absolute Gasteiger partial charge is 0.197 e. The van der Waals surface area contributed by atoms with Crippen molar-refractivity contribution >= 4 is 5.95 Å². The average molecular weight is 222 g/mol. The van der Waals surface area contributed by atoms with Gasteiger partial charge in [-0.1, -0.05) is 26.2 Å². The molecule has 1 aliphatic rings. The molecule has 0 saturated heterocycles. The van der Waals surface area contributed by atoms with Crippen molar-refractivity contribution < 1.29 is 0 Å². The predicted molar refractivity (Wildman–Crippen MR) is 66.0 cm³/mol. The van der Waals surface area contributed by atoms with Crippen molar-refractivity contribution in [2.75, 3.05) is 5.73 Å². The van der Waals surface area contributed by atoms with E-state index in [0.717, 1.165) is 12.1 Å². The lowest BCUT2D eigenvalue weighted by molar-refractivity contribution is 0.332. The van der Waals surface area contributed by atoms with Crippen molar-refractivity contribution in [2.24, 2.45) is 0 Å². The highest BCUT2D eigenvalue weighted by Crippen LogP contribution is 2.22. The number of hydrogen-bond acceptors (Lipinski definition) is 3. The Morgan fingerprint density at radius 1 is 1.50 bits per heavy atom. The lowest BCUT2D eigenvalue weighted by atomic mass is 9.94. The van der Waals surface area contributed by atoms with E-state index >= 15 is 0 Å². The zero-order valence-corrected chi connectivity index (χ0v) is 10.00. The number of hydrogen-bond donors (Lipinski definition) is 3. The molecule has 16 heavy (non-hydrogen) atoms. The molecule has 0 radical (unpaired) electrons. The molecular weight excluding hydrogens is 200 g/mol. The van der Waals surface area contributed by atoms with Crippen LogP contribution in [0.3, 0.4) is 0 Å². The highest BCUT2D eigenvalue weighted by molar-refractivity contribution is 5.20. The Hall–Kier alpha value is -1.03. The second kappa shape index (κ2) is 5.34. The third kappa shape index (κ3) is 2.76. The Bertz CT molecular complexity index is 315. The number of aromatic amines is 1. The quantitative estimate of drug-likeness (QED) is 0.732. The number of H-pyrrole nitrogens is 1. The fourth-order valence-electron chi connectivity index (χ4n) is 2.51. The zero-order chi connectivity index (χ0) is 11.4. The van der Waals surface area contributed by atoms with Gasteiger partial charge in [-0.15, -0.1) is 0 Å². The van der Waals surface area contributed by atoms with Crippen LogP contribution in [0.25, 0.3) is 0 Å². The lowest BCUT2D eigenvalue weighted by Crippen LogP contribution is -2.34. The number of rotatable bonds is 4. The second-order valence-corrected chi connectivity index (χ2v) is 4.69. The molecule has 1 fully saturated rings. The minimum atomic E-state index is 0.368. The molecule has 4 N–H and O–H groups in total. The predicted octanol–water partition coefficient (Wildman–Crippen LogP) is 2.37. The molecule has 4 nitrogen and oxygen atoms in total. The Morgan fingerprint density at radius 2 is 2.25 bits per heavy atom. The highest BCUT2D eigenvalue weighted by Gasteiger charge is 2.18. The van der Waals surface area contributed by atoms with Crippen LogP contribution < -0.4 is 11.1 Å². The first-order valence-electron chi connectivity index (χ1n) is 6.36. The molecule has 1 atom stereocenters. The standard InChI is InChI=1S/C12H22N4/c1-2-10(11-8-14-12(13)16-11)15-9-6-4-3-5-7-9/h8-10,15H,2-7H2,1H3,(H3,13,14,16). The van der Waals surface area contributed by atoms with Crippen molar-refractivity contribution in [3.05, 3.63) is 11.9 Å². The van der Waals surface area contributed by atoms with E-state index in [2.05, 4.69) is 22.2 Å². The Kier molecular flexibility index (Phi) is 3.83. The van der Waals surface area contributed by atoms with Crippen LogP contribution >= 0.6 is 0 Å². The number of anilines is 1. The third-order valence-corrected chi connectivity index (χ3v) is 3.44. The first kappa shape index (κ1) is 11.5. The minimum Gasteiger partial charge on any atom is -0.369 e. The molecule has 2 rings (SSSR count). The Labute approximate surface area is 97.0 Å². The number of nitrogens with two attached hydrogens (primary N) is 1. The van der Waals surface area contributed by atoms with E-state index in [1.54, 1.807) is 0 Å². The number of nitrogens with one attached hydrogen (secondary N) is 2. The van der Waals surface area contributed by atoms with E-state index < -0.39 is 0 Å². The van der Waals surface area contributed by atoms with Crippen molar-refractivity contribution in [3.63, 3.8) is 0 Å². The summed E-state index contributed by atoms with van der Waals surface area (Å²) in [4.78, 5) is 7.18. The van der Waals surface area contributed by atoms with Crippen LogP contribution in [-0.4, -0.2) is 16.0 Å². The summed E-state index contributed by atoms with van der Waals surface area (Å²) in [5, 5.41) is 3.71. The summed E-state index contributed by atoms with van der Waals surface area (Å²) in [5.74, 6) is 0.513. The first-order chi connectivity index (χ1) is 7.79. The van der Waals surface area contributed by atoms with Crippen LogP contribution in [0, 0.1) is 0 Å². The summed E-state index contributed by atoms with van der Waals surface area (Å²) in [5.41, 5.74) is 6.73. The molecule has 1 heterocycles. The molecule has 0 aromatic carbocycles. The van der Waals surface area contributed by atoms with E-state index in [9.17, 15) is 0 Å². The van der Waals surface area contributed by atoms with Gasteiger partial charge in [0.05, 0.1) is 11.9 Å². The van der Waals surface area contributed by atoms with Crippen LogP contribution in [0.4, 0.5) is 5.95 Å². The highest BCUT2D eigenvalue weighted by atomic mass is 15.1. The lowest BCUT2D eigenvalue weighted by Gasteiger charge is -2.27. The van der Waals surface area contributed by atoms with Gasteiger partial charge in [0.25, 0.3) is 0 Å². The van der Waals surface area contributed by atoms with Crippen LogP contribution in [0.2, 0.25) is 0 Å². The Morgan fingerprint density at radius 3 is 2.81 bits per heavy atom. The van der Waals surface area contributed by atoms with Gasteiger partial charge < -0.3 is 16.0 Å². The van der Waals surface area contributed by atoms with Crippen molar-refractivity contribution in [3.8, 4) is 0 Å². The SMILES string of the molecule is CCC(NC1CCCCC1)c1cnc(N)[nH]1. The van der Waals surface area contributed by atoms with Crippen molar-refractivity contribution in [1.82, 2.24) is 15.3 Å². The van der Waals surface area contributed by atoms with Gasteiger partial charge in [0, 0.05) is 12.1 Å². The fourth-order valence-corrected chi connectivity index (χ4v) is 2.51. The average Bonchev–Trinajstić information content (AvgIpc) is 2.74. The van der Waals surface area contributed by atoms with Crippen molar-refractivity contribution in [1.29, 1.82) is 0 Å². The number of nitrogen functional groups attached to an aromatic ring is 1. The molecule has 1 aromatic heterocycles. The molecule has 4 heteroatoms. The van der Waals surface area contributed by atoms with Crippen LogP contribution in [0.15, 0.2) is 6.20 Å². The summed E-state index contributed by atoms with van der Waals surface area (Å²) in [6.07, 6.45) is 9.64. The number of aromatic nitrogens is 2. The van der Waals surface area contributed by atoms with Crippen LogP contribution in [0.5, 0.6) is 0 Å². The van der Waals surface area contributed by atoms with E-state index in [4.69, 9.17) is 5.73 Å². The van der Waals surface area contributed by atoms with Gasteiger partial charge in [0.15, 0.2) is 5.95 Å². The zero-order valence-electron chi connectivity index (χ0n) is 10.00. The van der Waals surface area contributed by atoms with Crippen LogP contribution in [0.1, 0.15) is 57.2 Å². The van der Waals surface area contributed by atoms with E-state index in [1.165, 1.54) is 32.1 Å². The van der Waals surface area contributed by atoms with Gasteiger partial charge in [-0.2, -0.15) is 0 Å². The largest absolute Gasteiger partial charge is 0.369 e. The maximum atomic E-state index is 5.61. The number of imidazole rings is 1. The molecule has 0 bridgehead atoms. The van der Waals surface area contributed by atoms with Crippen molar-refractivity contribution in [2.45, 2.75) is 57.5 Å². The maximum Gasteiger partial charge on any atom is 0.197 e. The summed E-state index contributed by atoms with van der Waals surface area (Å²) in [6.45, 7) is 2.19. The monoisotopic (exact) mass is 222 g/mol. The summed E-state index contributed by atoms with van der Waals surface area (Å²) < 4.78 is 0. The van der Waals surface area contributed by atoms with Gasteiger partial charge >= 0.3 is 0 Å². The molecule has 0 spiro atoms. The normalized spacial score (nSPS) is 19.8. The van der Waals surface area contributed by atoms with Gasteiger partial charge in [-0.3, -0.25) is 0 Å². The van der Waals surface area contributed by atoms with E-state index in [0.29, 0.717) is 18.0 Å². The topological polar surface area (TPSA) is 66.7 Å². The summed E-state index contributed by atoms with van der Waals surface area (Å²) in [7, 11) is 0. The summed E-state index contributed by atoms with van der Waals surface area (Å²) >= 11 is 0. The third-order valence-electron chi connectivity index (χ3n) is 3.44.